The number of carbonyl (C=O) groups excluding carboxylic acids is 2. The molecule has 0 bridgehead atoms. The fourth-order valence-corrected chi connectivity index (χ4v) is 2.93. The van der Waals surface area contributed by atoms with Gasteiger partial charge in [0.25, 0.3) is 0 Å². The highest BCUT2D eigenvalue weighted by Gasteiger charge is 2.43. The number of aromatic nitrogens is 2. The second kappa shape index (κ2) is 5.87. The van der Waals surface area contributed by atoms with Crippen LogP contribution >= 0.6 is 0 Å². The number of rotatable bonds is 4. The highest BCUT2D eigenvalue weighted by atomic mass is 16.2. The maximum atomic E-state index is 12.5. The Morgan fingerprint density at radius 1 is 1.09 bits per heavy atom. The molecule has 1 aromatic heterocycles. The van der Waals surface area contributed by atoms with E-state index in [0.717, 1.165) is 11.3 Å². The van der Waals surface area contributed by atoms with E-state index in [0.29, 0.717) is 6.42 Å². The van der Waals surface area contributed by atoms with Crippen molar-refractivity contribution in [2.45, 2.75) is 37.8 Å². The van der Waals surface area contributed by atoms with Gasteiger partial charge in [-0.2, -0.15) is 0 Å². The van der Waals surface area contributed by atoms with E-state index >= 15 is 0 Å². The van der Waals surface area contributed by atoms with Crippen LogP contribution in [-0.4, -0.2) is 33.9 Å². The molecule has 1 aromatic carbocycles. The summed E-state index contributed by atoms with van der Waals surface area (Å²) in [5.74, 6) is -0.337. The van der Waals surface area contributed by atoms with E-state index in [9.17, 15) is 9.59 Å². The van der Waals surface area contributed by atoms with E-state index in [1.54, 1.807) is 12.5 Å². The molecule has 0 aliphatic carbocycles. The van der Waals surface area contributed by atoms with Crippen LogP contribution in [0, 0.1) is 0 Å². The summed E-state index contributed by atoms with van der Waals surface area (Å²) in [6.07, 6.45) is 3.61. The summed E-state index contributed by atoms with van der Waals surface area (Å²) >= 11 is 0. The molecule has 1 fully saturated rings. The average Bonchev–Trinajstić information content (AvgIpc) is 3.04. The van der Waals surface area contributed by atoms with Gasteiger partial charge in [0.05, 0.1) is 6.33 Å². The predicted octanol–water partition coefficient (Wildman–Crippen LogP) is 0.913. The molecule has 0 spiro atoms. The first-order chi connectivity index (χ1) is 11.0. The number of nitrogens with one attached hydrogen (secondary N) is 3. The molecule has 0 radical (unpaired) electrons. The summed E-state index contributed by atoms with van der Waals surface area (Å²) in [4.78, 5) is 31.8. The fourth-order valence-electron chi connectivity index (χ4n) is 2.93. The Balaban J connectivity index is 1.77. The number of hydrogen-bond acceptors (Lipinski definition) is 3. The van der Waals surface area contributed by atoms with Crippen molar-refractivity contribution in [3.8, 4) is 0 Å². The molecule has 1 saturated heterocycles. The van der Waals surface area contributed by atoms with E-state index in [4.69, 9.17) is 0 Å². The number of nitrogens with zero attached hydrogens (tertiary/aromatic N) is 1. The minimum absolute atomic E-state index is 0.164. The summed E-state index contributed by atoms with van der Waals surface area (Å²) in [6, 6.07) is 8.55. The monoisotopic (exact) mass is 312 g/mol. The molecule has 0 saturated carbocycles. The third-order valence-electron chi connectivity index (χ3n) is 4.40. The first-order valence-electron chi connectivity index (χ1n) is 7.62. The van der Waals surface area contributed by atoms with Crippen LogP contribution < -0.4 is 10.6 Å². The zero-order valence-corrected chi connectivity index (χ0v) is 13.2. The molecule has 0 unspecified atom stereocenters. The lowest BCUT2D eigenvalue weighted by Crippen LogP contribution is -2.67. The first-order valence-corrected chi connectivity index (χ1v) is 7.62. The van der Waals surface area contributed by atoms with E-state index in [-0.39, 0.29) is 11.8 Å². The molecule has 6 heteroatoms. The molecule has 1 aliphatic heterocycles. The molecule has 120 valence electrons. The molecular weight excluding hydrogens is 292 g/mol. The number of hydrogen-bond donors (Lipinski definition) is 3. The average molecular weight is 312 g/mol. The van der Waals surface area contributed by atoms with Gasteiger partial charge in [0.15, 0.2) is 0 Å². The molecule has 2 amide bonds. The van der Waals surface area contributed by atoms with Crippen molar-refractivity contribution in [1.29, 1.82) is 0 Å². The Morgan fingerprint density at radius 2 is 1.83 bits per heavy atom. The van der Waals surface area contributed by atoms with E-state index in [1.165, 1.54) is 0 Å². The van der Waals surface area contributed by atoms with E-state index in [1.807, 2.05) is 44.2 Å². The zero-order valence-electron chi connectivity index (χ0n) is 13.2. The molecule has 6 nitrogen and oxygen atoms in total. The Bertz CT molecular complexity index is 695. The fraction of sp³-hybridized carbons (Fsp3) is 0.353. The molecule has 2 aromatic rings. The van der Waals surface area contributed by atoms with Gasteiger partial charge >= 0.3 is 0 Å². The van der Waals surface area contributed by atoms with Crippen molar-refractivity contribution >= 4 is 11.8 Å². The van der Waals surface area contributed by atoms with Crippen molar-refractivity contribution in [3.63, 3.8) is 0 Å². The maximum Gasteiger partial charge on any atom is 0.244 e. The lowest BCUT2D eigenvalue weighted by Gasteiger charge is -2.39. The number of imidazole rings is 1. The van der Waals surface area contributed by atoms with Gasteiger partial charge in [-0.25, -0.2) is 4.98 Å². The molecular formula is C17H20N4O2. The molecule has 23 heavy (non-hydrogen) atoms. The maximum absolute atomic E-state index is 12.5. The first kappa shape index (κ1) is 15.3. The van der Waals surface area contributed by atoms with Gasteiger partial charge in [0, 0.05) is 23.7 Å². The Labute approximate surface area is 134 Å². The van der Waals surface area contributed by atoms with Gasteiger partial charge in [0.1, 0.15) is 12.1 Å². The number of benzene rings is 1. The van der Waals surface area contributed by atoms with Crippen molar-refractivity contribution in [2.75, 3.05) is 0 Å². The largest absolute Gasteiger partial charge is 0.348 e. The van der Waals surface area contributed by atoms with Crippen LogP contribution in [0.15, 0.2) is 42.9 Å². The lowest BCUT2D eigenvalue weighted by atomic mass is 9.76. The smallest absolute Gasteiger partial charge is 0.244 e. The van der Waals surface area contributed by atoms with Gasteiger partial charge in [-0.1, -0.05) is 44.2 Å². The normalized spacial score (nSPS) is 21.7. The van der Waals surface area contributed by atoms with E-state index < -0.39 is 17.5 Å². The van der Waals surface area contributed by atoms with Crippen LogP contribution in [0.1, 0.15) is 25.1 Å². The Hall–Kier alpha value is -2.63. The van der Waals surface area contributed by atoms with Crippen molar-refractivity contribution in [1.82, 2.24) is 20.6 Å². The van der Waals surface area contributed by atoms with Gasteiger partial charge in [-0.3, -0.25) is 9.59 Å². The summed E-state index contributed by atoms with van der Waals surface area (Å²) in [5.41, 5.74) is 1.32. The Kier molecular flexibility index (Phi) is 3.90. The number of piperazine rings is 1. The molecule has 2 atom stereocenters. The van der Waals surface area contributed by atoms with Crippen molar-refractivity contribution in [3.05, 3.63) is 54.1 Å². The number of amides is 2. The number of aromatic amines is 1. The second-order valence-electron chi connectivity index (χ2n) is 6.37. The topological polar surface area (TPSA) is 86.9 Å². The summed E-state index contributed by atoms with van der Waals surface area (Å²) in [5, 5.41) is 5.71. The van der Waals surface area contributed by atoms with E-state index in [2.05, 4.69) is 20.6 Å². The third-order valence-corrected chi connectivity index (χ3v) is 4.40. The SMILES string of the molecule is CC(C)(c1ccccc1)[C@@H]1NC(=O)[C@H](Cc2cnc[nH]2)NC1=O. The van der Waals surface area contributed by atoms with Crippen LogP contribution in [0.3, 0.4) is 0 Å². The third kappa shape index (κ3) is 2.97. The van der Waals surface area contributed by atoms with Crippen LogP contribution in [0.2, 0.25) is 0 Å². The molecule has 3 rings (SSSR count). The van der Waals surface area contributed by atoms with Crippen molar-refractivity contribution in [2.24, 2.45) is 0 Å². The summed E-state index contributed by atoms with van der Waals surface area (Å²) in [7, 11) is 0. The van der Waals surface area contributed by atoms with Crippen LogP contribution in [0.4, 0.5) is 0 Å². The molecule has 1 aliphatic rings. The van der Waals surface area contributed by atoms with Crippen LogP contribution in [0.5, 0.6) is 0 Å². The second-order valence-corrected chi connectivity index (χ2v) is 6.37. The lowest BCUT2D eigenvalue weighted by molar-refractivity contribution is -0.138. The highest BCUT2D eigenvalue weighted by molar-refractivity contribution is 5.98. The summed E-state index contributed by atoms with van der Waals surface area (Å²) in [6.45, 7) is 3.92. The summed E-state index contributed by atoms with van der Waals surface area (Å²) < 4.78 is 0. The number of carbonyl (C=O) groups is 2. The predicted molar refractivity (Wildman–Crippen MR) is 85.6 cm³/mol. The molecule has 3 N–H and O–H groups in total. The zero-order chi connectivity index (χ0) is 16.4. The Morgan fingerprint density at radius 3 is 2.48 bits per heavy atom. The van der Waals surface area contributed by atoms with Crippen molar-refractivity contribution < 1.29 is 9.59 Å². The van der Waals surface area contributed by atoms with Gasteiger partial charge in [-0.15, -0.1) is 0 Å². The highest BCUT2D eigenvalue weighted by Crippen LogP contribution is 2.28. The van der Waals surface area contributed by atoms with Gasteiger partial charge < -0.3 is 15.6 Å². The van der Waals surface area contributed by atoms with Gasteiger partial charge in [-0.05, 0) is 5.56 Å². The number of H-pyrrole nitrogens is 1. The van der Waals surface area contributed by atoms with Gasteiger partial charge in [0.2, 0.25) is 11.8 Å². The molecule has 2 heterocycles. The quantitative estimate of drug-likeness (QED) is 0.784. The standard InChI is InChI=1S/C17H20N4O2/c1-17(2,11-6-4-3-5-7-11)14-16(23)20-13(15(22)21-14)8-12-9-18-10-19-12/h3-7,9-10,13-14H,8H2,1-2H3,(H,18,19)(H,20,23)(H,21,22)/t13-,14+/m0/s1. The minimum atomic E-state index is -0.601. The minimum Gasteiger partial charge on any atom is -0.348 e. The van der Waals surface area contributed by atoms with Crippen LogP contribution in [-0.2, 0) is 21.4 Å². The van der Waals surface area contributed by atoms with Crippen LogP contribution in [0.25, 0.3) is 0 Å².